The van der Waals surface area contributed by atoms with Gasteiger partial charge in [0.2, 0.25) is 0 Å². The summed E-state index contributed by atoms with van der Waals surface area (Å²) in [6, 6.07) is 50.6. The second-order valence-corrected chi connectivity index (χ2v) is 27.4. The number of sulfonamides is 1. The van der Waals surface area contributed by atoms with Crippen LogP contribution in [0.2, 0.25) is 16.1 Å². The Morgan fingerprint density at radius 3 is 1.49 bits per heavy atom. The molecular weight excluding hydrogens is 705 g/mol. The van der Waals surface area contributed by atoms with Gasteiger partial charge in [-0.1, -0.05) is 191 Å². The Hall–Kier alpha value is -4.09. The third-order valence-corrected chi connectivity index (χ3v) is 24.2. The number of aliphatic imine (C=N–C) groups is 1. The van der Waals surface area contributed by atoms with Crippen molar-refractivity contribution < 1.29 is 12.8 Å². The molecule has 5 aromatic carbocycles. The molecule has 8 heteroatoms. The van der Waals surface area contributed by atoms with Gasteiger partial charge in [0.05, 0.1) is 17.5 Å². The fraction of sp³-hybridized carbons (Fsp3) is 0.311. The van der Waals surface area contributed by atoms with Crippen molar-refractivity contribution in [2.45, 2.75) is 81.9 Å². The quantitative estimate of drug-likeness (QED) is 0.122. The van der Waals surface area contributed by atoms with Crippen molar-refractivity contribution in [2.24, 2.45) is 4.99 Å². The molecule has 276 valence electrons. The zero-order chi connectivity index (χ0) is 37.9. The van der Waals surface area contributed by atoms with Gasteiger partial charge in [0, 0.05) is 13.0 Å². The van der Waals surface area contributed by atoms with Crippen LogP contribution in [0.1, 0.15) is 53.5 Å². The van der Waals surface area contributed by atoms with Gasteiger partial charge in [0.1, 0.15) is 13.9 Å². The number of aryl methyl sites for hydroxylation is 1. The van der Waals surface area contributed by atoms with E-state index in [0.29, 0.717) is 25.4 Å². The molecule has 0 N–H and O–H groups in total. The number of hydrogen-bond donors (Lipinski definition) is 0. The lowest BCUT2D eigenvalue weighted by Crippen LogP contribution is -2.66. The van der Waals surface area contributed by atoms with Gasteiger partial charge in [0.15, 0.2) is 0 Å². The summed E-state index contributed by atoms with van der Waals surface area (Å²) in [5.74, 6) is 0.575. The van der Waals surface area contributed by atoms with E-state index >= 15 is 0 Å². The minimum atomic E-state index is -3.88. The van der Waals surface area contributed by atoms with Crippen LogP contribution in [0.15, 0.2) is 155 Å². The van der Waals surface area contributed by atoms with Crippen LogP contribution >= 0.6 is 0 Å². The minimum Gasteiger partial charge on any atom is -0.407 e. The van der Waals surface area contributed by atoms with Crippen LogP contribution in [0.5, 0.6) is 0 Å². The molecule has 6 rings (SSSR count). The lowest BCUT2D eigenvalue weighted by atomic mass is 10.2. The van der Waals surface area contributed by atoms with Crippen molar-refractivity contribution >= 4 is 53.0 Å². The molecule has 5 aromatic rings. The van der Waals surface area contributed by atoms with Crippen molar-refractivity contribution in [1.29, 1.82) is 0 Å². The second-order valence-electron chi connectivity index (χ2n) is 16.4. The summed E-state index contributed by atoms with van der Waals surface area (Å²) in [5.41, 5.74) is 1.02. The van der Waals surface area contributed by atoms with E-state index in [9.17, 15) is 8.42 Å². The molecule has 0 fully saturated rings. The molecule has 0 radical (unpaired) electrons. The van der Waals surface area contributed by atoms with Crippen LogP contribution in [0.25, 0.3) is 0 Å². The van der Waals surface area contributed by atoms with E-state index in [2.05, 4.69) is 151 Å². The number of nitrogens with zero attached hydrogens (tertiary/aromatic N) is 2. The Morgan fingerprint density at radius 1 is 0.642 bits per heavy atom. The molecule has 53 heavy (non-hydrogen) atoms. The average molecular weight is 759 g/mol. The molecule has 0 saturated heterocycles. The molecular formula is C45H54N2O3SSi2. The summed E-state index contributed by atoms with van der Waals surface area (Å²) in [6.45, 7) is 16.4. The third kappa shape index (κ3) is 7.52. The first-order chi connectivity index (χ1) is 25.2. The average Bonchev–Trinajstić information content (AvgIpc) is 3.56. The summed E-state index contributed by atoms with van der Waals surface area (Å²) < 4.78 is 38.1. The van der Waals surface area contributed by atoms with Crippen LogP contribution in [-0.2, 0) is 14.4 Å². The number of amidine groups is 1. The molecule has 0 aromatic heterocycles. The highest BCUT2D eigenvalue weighted by Crippen LogP contribution is 2.41. The molecule has 1 atom stereocenters. The standard InChI is InChI=1S/C45H54N2O3SSi2/c1-36-28-30-38(31-29-36)51(48,49)47-34-37(35-52(44(2,3)4,39-20-12-8-13-21-39)40-22-14-9-15-23-40)46-43(47)32-33-50-53(45(5,6)7,41-24-16-10-17-25-41)42-26-18-11-19-27-42/h8-31,37H,32-35H2,1-7H3. The topological polar surface area (TPSA) is 59.0 Å². The predicted molar refractivity (Wildman–Crippen MR) is 227 cm³/mol. The van der Waals surface area contributed by atoms with E-state index < -0.39 is 26.4 Å². The van der Waals surface area contributed by atoms with Gasteiger partial charge in [-0.2, -0.15) is 0 Å². The predicted octanol–water partition coefficient (Wildman–Crippen LogP) is 7.80. The van der Waals surface area contributed by atoms with Gasteiger partial charge in [-0.3, -0.25) is 9.30 Å². The molecule has 0 aliphatic carbocycles. The molecule has 1 heterocycles. The molecule has 0 spiro atoms. The summed E-state index contributed by atoms with van der Waals surface area (Å²) in [7, 11) is -9.27. The van der Waals surface area contributed by atoms with Crippen molar-refractivity contribution in [3.05, 3.63) is 151 Å². The van der Waals surface area contributed by atoms with Crippen molar-refractivity contribution in [1.82, 2.24) is 4.31 Å². The van der Waals surface area contributed by atoms with Crippen molar-refractivity contribution in [3.63, 3.8) is 0 Å². The first kappa shape index (κ1) is 38.6. The monoisotopic (exact) mass is 758 g/mol. The highest BCUT2D eigenvalue weighted by atomic mass is 32.2. The van der Waals surface area contributed by atoms with E-state index in [0.717, 1.165) is 11.6 Å². The zero-order valence-electron chi connectivity index (χ0n) is 32.3. The van der Waals surface area contributed by atoms with E-state index in [4.69, 9.17) is 9.42 Å². The lowest BCUT2D eigenvalue weighted by molar-refractivity contribution is 0.306. The van der Waals surface area contributed by atoms with Crippen LogP contribution in [-0.4, -0.2) is 54.1 Å². The van der Waals surface area contributed by atoms with E-state index in [1.807, 2.05) is 31.2 Å². The van der Waals surface area contributed by atoms with Crippen LogP contribution in [0.4, 0.5) is 0 Å². The Labute approximate surface area is 320 Å². The Kier molecular flexibility index (Phi) is 11.2. The molecule has 5 nitrogen and oxygen atoms in total. The smallest absolute Gasteiger partial charge is 0.265 e. The lowest BCUT2D eigenvalue weighted by Gasteiger charge is -2.45. The molecule has 0 amide bonds. The van der Waals surface area contributed by atoms with Gasteiger partial charge in [-0.05, 0) is 45.6 Å². The number of hydrogen-bond acceptors (Lipinski definition) is 4. The molecule has 0 saturated carbocycles. The summed E-state index contributed by atoms with van der Waals surface area (Å²) in [4.78, 5) is 5.68. The van der Waals surface area contributed by atoms with Crippen LogP contribution in [0.3, 0.4) is 0 Å². The maximum absolute atomic E-state index is 14.6. The second kappa shape index (κ2) is 15.3. The van der Waals surface area contributed by atoms with E-state index in [1.165, 1.54) is 20.7 Å². The molecule has 1 unspecified atom stereocenters. The largest absolute Gasteiger partial charge is 0.407 e. The molecule has 0 bridgehead atoms. The fourth-order valence-electron chi connectivity index (χ4n) is 8.42. The summed E-state index contributed by atoms with van der Waals surface area (Å²) in [5, 5.41) is 4.78. The van der Waals surface area contributed by atoms with Gasteiger partial charge in [-0.25, -0.2) is 8.42 Å². The maximum atomic E-state index is 14.6. The first-order valence-electron chi connectivity index (χ1n) is 18.7. The van der Waals surface area contributed by atoms with E-state index in [-0.39, 0.29) is 21.0 Å². The van der Waals surface area contributed by atoms with Crippen molar-refractivity contribution in [2.75, 3.05) is 13.2 Å². The van der Waals surface area contributed by atoms with Gasteiger partial charge in [0.25, 0.3) is 18.3 Å². The van der Waals surface area contributed by atoms with Gasteiger partial charge >= 0.3 is 0 Å². The first-order valence-corrected chi connectivity index (χ1v) is 24.3. The minimum absolute atomic E-state index is 0.0823. The van der Waals surface area contributed by atoms with Crippen LogP contribution in [0, 0.1) is 6.92 Å². The number of benzene rings is 5. The maximum Gasteiger partial charge on any atom is 0.265 e. The third-order valence-electron chi connectivity index (χ3n) is 11.0. The normalized spacial score (nSPS) is 15.7. The van der Waals surface area contributed by atoms with Gasteiger partial charge < -0.3 is 4.43 Å². The highest BCUT2D eigenvalue weighted by Gasteiger charge is 2.52. The Bertz CT molecular complexity index is 2020. The SMILES string of the molecule is Cc1ccc(S(=O)(=O)N2CC(C[Si](c3ccccc3)(c3ccccc3)C(C)(C)C)N=C2CCO[Si](c2ccccc2)(c2ccccc2)C(C)(C)C)cc1. The summed E-state index contributed by atoms with van der Waals surface area (Å²) >= 11 is 0. The van der Waals surface area contributed by atoms with Gasteiger partial charge in [-0.15, -0.1) is 0 Å². The molecule has 1 aliphatic heterocycles. The highest BCUT2D eigenvalue weighted by molar-refractivity contribution is 7.89. The molecule has 1 aliphatic rings. The van der Waals surface area contributed by atoms with E-state index in [1.54, 1.807) is 16.4 Å². The fourth-order valence-corrected chi connectivity index (χ4v) is 20.1. The van der Waals surface area contributed by atoms with Crippen molar-refractivity contribution in [3.8, 4) is 0 Å². The Morgan fingerprint density at radius 2 is 1.08 bits per heavy atom. The summed E-state index contributed by atoms with van der Waals surface area (Å²) in [6.07, 6.45) is 0.382. The number of rotatable bonds is 12. The van der Waals surface area contributed by atoms with Crippen LogP contribution < -0.4 is 20.7 Å². The zero-order valence-corrected chi connectivity index (χ0v) is 35.1. The Balaban J connectivity index is 1.42.